The number of aliphatic hydroxyl groups is 1. The van der Waals surface area contributed by atoms with Gasteiger partial charge in [0, 0.05) is 23.7 Å². The van der Waals surface area contributed by atoms with E-state index in [1.54, 1.807) is 0 Å². The van der Waals surface area contributed by atoms with E-state index in [2.05, 4.69) is 35.5 Å². The standard InChI is InChI=1S/C20H24N2O/c1-3-14-13-22-11-9-15(14)12-20(22,2)19(23)17-8-10-21-18-7-5-4-6-16(17)18/h3-8,10,14-15,19,23H,1,9,11-13H2,2H3/t14?,15?,19-,20+/m0/s1. The van der Waals surface area contributed by atoms with Crippen LogP contribution in [0.15, 0.2) is 49.2 Å². The second-order valence-corrected chi connectivity index (χ2v) is 7.28. The molecule has 4 heterocycles. The van der Waals surface area contributed by atoms with Gasteiger partial charge >= 0.3 is 0 Å². The molecule has 3 nitrogen and oxygen atoms in total. The fraction of sp³-hybridized carbons (Fsp3) is 0.450. The fourth-order valence-corrected chi connectivity index (χ4v) is 4.65. The summed E-state index contributed by atoms with van der Waals surface area (Å²) in [5.41, 5.74) is 1.75. The maximum Gasteiger partial charge on any atom is 0.0978 e. The molecule has 23 heavy (non-hydrogen) atoms. The van der Waals surface area contributed by atoms with Crippen LogP contribution in [0.4, 0.5) is 0 Å². The molecule has 0 amide bonds. The minimum atomic E-state index is -0.496. The van der Waals surface area contributed by atoms with Crippen molar-refractivity contribution in [2.75, 3.05) is 13.1 Å². The molecule has 0 aliphatic carbocycles. The van der Waals surface area contributed by atoms with Gasteiger partial charge in [0.15, 0.2) is 0 Å². The van der Waals surface area contributed by atoms with E-state index in [1.165, 1.54) is 6.42 Å². The highest BCUT2D eigenvalue weighted by atomic mass is 16.3. The summed E-state index contributed by atoms with van der Waals surface area (Å²) in [4.78, 5) is 6.90. The van der Waals surface area contributed by atoms with E-state index in [4.69, 9.17) is 0 Å². The van der Waals surface area contributed by atoms with E-state index in [1.807, 2.05) is 30.5 Å². The van der Waals surface area contributed by atoms with Gasteiger partial charge in [-0.05, 0) is 55.8 Å². The first-order valence-corrected chi connectivity index (χ1v) is 8.53. The molecule has 3 saturated heterocycles. The molecule has 2 bridgehead atoms. The lowest BCUT2D eigenvalue weighted by molar-refractivity contribution is -0.107. The smallest absolute Gasteiger partial charge is 0.0978 e. The number of fused-ring (bicyclic) bond motifs is 4. The maximum absolute atomic E-state index is 11.3. The van der Waals surface area contributed by atoms with Gasteiger partial charge in [0.25, 0.3) is 0 Å². The highest BCUT2D eigenvalue weighted by Crippen LogP contribution is 2.48. The average molecular weight is 308 g/mol. The van der Waals surface area contributed by atoms with Gasteiger partial charge in [0.2, 0.25) is 0 Å². The number of aromatic nitrogens is 1. The minimum Gasteiger partial charge on any atom is -0.386 e. The number of benzene rings is 1. The van der Waals surface area contributed by atoms with Crippen molar-refractivity contribution in [2.45, 2.75) is 31.4 Å². The van der Waals surface area contributed by atoms with Crippen LogP contribution in [-0.2, 0) is 0 Å². The Kier molecular flexibility index (Phi) is 3.51. The van der Waals surface area contributed by atoms with Gasteiger partial charge in [-0.3, -0.25) is 9.88 Å². The summed E-state index contributed by atoms with van der Waals surface area (Å²) >= 11 is 0. The second kappa shape index (κ2) is 5.43. The SMILES string of the molecule is C=CC1CN2CCC1C[C@]2(C)[C@@H](O)c1ccnc2ccccc12. The summed E-state index contributed by atoms with van der Waals surface area (Å²) in [6.07, 6.45) is 5.67. The molecule has 1 aromatic heterocycles. The molecule has 5 rings (SSSR count). The molecule has 2 aromatic rings. The van der Waals surface area contributed by atoms with E-state index in [0.29, 0.717) is 11.8 Å². The van der Waals surface area contributed by atoms with Gasteiger partial charge in [-0.15, -0.1) is 6.58 Å². The molecule has 0 saturated carbocycles. The molecule has 0 radical (unpaired) electrons. The van der Waals surface area contributed by atoms with E-state index in [9.17, 15) is 5.11 Å². The molecule has 3 heteroatoms. The number of hydrogen-bond donors (Lipinski definition) is 1. The fourth-order valence-electron chi connectivity index (χ4n) is 4.65. The summed E-state index contributed by atoms with van der Waals surface area (Å²) in [7, 11) is 0. The molecule has 1 aromatic carbocycles. The van der Waals surface area contributed by atoms with Crippen molar-refractivity contribution < 1.29 is 5.11 Å². The van der Waals surface area contributed by atoms with Gasteiger partial charge < -0.3 is 5.11 Å². The van der Waals surface area contributed by atoms with Crippen LogP contribution in [0.2, 0.25) is 0 Å². The lowest BCUT2D eigenvalue weighted by Gasteiger charge is -2.57. The van der Waals surface area contributed by atoms with Crippen molar-refractivity contribution in [3.05, 3.63) is 54.7 Å². The second-order valence-electron chi connectivity index (χ2n) is 7.28. The van der Waals surface area contributed by atoms with Gasteiger partial charge in [-0.1, -0.05) is 24.3 Å². The predicted molar refractivity (Wildman–Crippen MR) is 93.1 cm³/mol. The summed E-state index contributed by atoms with van der Waals surface area (Å²) in [6, 6.07) is 10.1. The molecular weight excluding hydrogens is 284 g/mol. The number of hydrogen-bond acceptors (Lipinski definition) is 3. The molecule has 3 unspecified atom stereocenters. The number of piperidine rings is 3. The molecule has 1 N–H and O–H groups in total. The van der Waals surface area contributed by atoms with Crippen LogP contribution in [0.1, 0.15) is 31.4 Å². The number of rotatable bonds is 3. The van der Waals surface area contributed by atoms with Crippen LogP contribution in [0.5, 0.6) is 0 Å². The zero-order valence-corrected chi connectivity index (χ0v) is 13.7. The molecule has 0 spiro atoms. The minimum absolute atomic E-state index is 0.202. The van der Waals surface area contributed by atoms with E-state index >= 15 is 0 Å². The Bertz CT molecular complexity index is 738. The van der Waals surface area contributed by atoms with Crippen LogP contribution in [0, 0.1) is 11.8 Å². The molecule has 3 aliphatic rings. The zero-order chi connectivity index (χ0) is 16.0. The summed E-state index contributed by atoms with van der Waals surface area (Å²) < 4.78 is 0. The monoisotopic (exact) mass is 308 g/mol. The summed E-state index contributed by atoms with van der Waals surface area (Å²) in [5.74, 6) is 1.21. The van der Waals surface area contributed by atoms with Crippen LogP contribution in [-0.4, -0.2) is 33.6 Å². The molecular formula is C20H24N2O. The highest BCUT2D eigenvalue weighted by molar-refractivity contribution is 5.82. The summed E-state index contributed by atoms with van der Waals surface area (Å²) in [6.45, 7) is 8.31. The van der Waals surface area contributed by atoms with Crippen LogP contribution in [0.25, 0.3) is 10.9 Å². The Morgan fingerprint density at radius 1 is 1.39 bits per heavy atom. The summed E-state index contributed by atoms with van der Waals surface area (Å²) in [5, 5.41) is 12.4. The number of pyridine rings is 1. The Balaban J connectivity index is 1.74. The van der Waals surface area contributed by atoms with Crippen LogP contribution < -0.4 is 0 Å². The van der Waals surface area contributed by atoms with Gasteiger partial charge in [0.1, 0.15) is 0 Å². The first-order valence-electron chi connectivity index (χ1n) is 8.53. The lowest BCUT2D eigenvalue weighted by Crippen LogP contribution is -2.62. The maximum atomic E-state index is 11.3. The highest BCUT2D eigenvalue weighted by Gasteiger charge is 2.50. The van der Waals surface area contributed by atoms with E-state index < -0.39 is 6.10 Å². The van der Waals surface area contributed by atoms with Crippen molar-refractivity contribution in [3.63, 3.8) is 0 Å². The zero-order valence-electron chi connectivity index (χ0n) is 13.7. The molecule has 120 valence electrons. The first-order chi connectivity index (χ1) is 11.1. The largest absolute Gasteiger partial charge is 0.386 e. The topological polar surface area (TPSA) is 36.4 Å². The Morgan fingerprint density at radius 2 is 2.22 bits per heavy atom. The Morgan fingerprint density at radius 3 is 2.96 bits per heavy atom. The first kappa shape index (κ1) is 14.9. The predicted octanol–water partition coefficient (Wildman–Crippen LogP) is 3.55. The van der Waals surface area contributed by atoms with Crippen molar-refractivity contribution >= 4 is 10.9 Å². The third kappa shape index (κ3) is 2.22. The van der Waals surface area contributed by atoms with Crippen molar-refractivity contribution in [1.82, 2.24) is 9.88 Å². The van der Waals surface area contributed by atoms with Crippen LogP contribution >= 0.6 is 0 Å². The molecule has 3 fully saturated rings. The van der Waals surface area contributed by atoms with Gasteiger partial charge in [-0.2, -0.15) is 0 Å². The Hall–Kier alpha value is -1.71. The van der Waals surface area contributed by atoms with E-state index in [0.717, 1.165) is 36.0 Å². The number of para-hydroxylation sites is 1. The quantitative estimate of drug-likeness (QED) is 0.881. The van der Waals surface area contributed by atoms with Crippen LogP contribution in [0.3, 0.4) is 0 Å². The van der Waals surface area contributed by atoms with E-state index in [-0.39, 0.29) is 5.54 Å². The van der Waals surface area contributed by atoms with Gasteiger partial charge in [0.05, 0.1) is 11.6 Å². The van der Waals surface area contributed by atoms with Crippen molar-refractivity contribution in [2.24, 2.45) is 11.8 Å². The Labute approximate surface area is 137 Å². The normalized spacial score (nSPS) is 34.4. The third-order valence-corrected chi connectivity index (χ3v) is 6.07. The van der Waals surface area contributed by atoms with Crippen molar-refractivity contribution in [1.29, 1.82) is 0 Å². The lowest BCUT2D eigenvalue weighted by atomic mass is 9.67. The van der Waals surface area contributed by atoms with Gasteiger partial charge in [-0.25, -0.2) is 0 Å². The molecule has 5 atom stereocenters. The number of nitrogens with zero attached hydrogens (tertiary/aromatic N) is 2. The number of aliphatic hydroxyl groups excluding tert-OH is 1. The molecule has 3 aliphatic heterocycles. The van der Waals surface area contributed by atoms with Crippen molar-refractivity contribution in [3.8, 4) is 0 Å². The average Bonchev–Trinajstić information content (AvgIpc) is 2.61. The third-order valence-electron chi connectivity index (χ3n) is 6.07.